The third-order valence-electron chi connectivity index (χ3n) is 2.35. The second-order valence-electron chi connectivity index (χ2n) is 4.00. The van der Waals surface area contributed by atoms with E-state index in [1.54, 1.807) is 0 Å². The molecule has 0 aromatic carbocycles. The minimum absolute atomic E-state index is 0.497. The maximum absolute atomic E-state index is 4.53. The van der Waals surface area contributed by atoms with Crippen LogP contribution in [0.2, 0.25) is 0 Å². The van der Waals surface area contributed by atoms with Crippen LogP contribution in [0, 0.1) is 5.92 Å². The summed E-state index contributed by atoms with van der Waals surface area (Å²) >= 11 is 1.85. The highest BCUT2D eigenvalue weighted by Crippen LogP contribution is 2.17. The quantitative estimate of drug-likeness (QED) is 0.757. The highest BCUT2D eigenvalue weighted by Gasteiger charge is 2.18. The number of thioether (sulfide) groups is 1. The van der Waals surface area contributed by atoms with Crippen LogP contribution < -0.4 is 5.32 Å². The zero-order valence-electron chi connectivity index (χ0n) is 9.00. The Morgan fingerprint density at radius 3 is 2.69 bits per heavy atom. The monoisotopic (exact) mass is 200 g/mol. The molecule has 2 atom stereocenters. The number of aliphatic imine (C=N–C) groups is 1. The van der Waals surface area contributed by atoms with Gasteiger partial charge in [-0.2, -0.15) is 0 Å². The third kappa shape index (κ3) is 3.22. The first kappa shape index (κ1) is 10.9. The standard InChI is InChI=1S/C10H20N2S/c1-5-9(7(2)3)12-10-11-8(4)6-13-10/h7-9H,5-6H2,1-4H3,(H,11,12). The van der Waals surface area contributed by atoms with E-state index >= 15 is 0 Å². The Hall–Kier alpha value is -0.180. The van der Waals surface area contributed by atoms with Gasteiger partial charge < -0.3 is 5.32 Å². The minimum Gasteiger partial charge on any atom is -0.362 e. The van der Waals surface area contributed by atoms with E-state index in [2.05, 4.69) is 38.0 Å². The summed E-state index contributed by atoms with van der Waals surface area (Å²) in [5, 5.41) is 4.65. The minimum atomic E-state index is 0.497. The molecule has 0 aromatic heterocycles. The molecule has 1 aliphatic rings. The molecule has 1 heterocycles. The van der Waals surface area contributed by atoms with Crippen LogP contribution in [0.5, 0.6) is 0 Å². The van der Waals surface area contributed by atoms with Crippen molar-refractivity contribution >= 4 is 16.9 Å². The van der Waals surface area contributed by atoms with Crippen LogP contribution in [0.4, 0.5) is 0 Å². The molecule has 0 aliphatic carbocycles. The zero-order chi connectivity index (χ0) is 9.84. The molecule has 0 saturated carbocycles. The lowest BCUT2D eigenvalue weighted by atomic mass is 10.0. The molecule has 13 heavy (non-hydrogen) atoms. The van der Waals surface area contributed by atoms with Crippen LogP contribution in [0.25, 0.3) is 0 Å². The maximum atomic E-state index is 4.53. The van der Waals surface area contributed by atoms with Gasteiger partial charge in [-0.05, 0) is 19.3 Å². The number of hydrogen-bond donors (Lipinski definition) is 1. The normalized spacial score (nSPS) is 24.7. The van der Waals surface area contributed by atoms with E-state index in [0.717, 1.165) is 10.9 Å². The van der Waals surface area contributed by atoms with Gasteiger partial charge in [-0.15, -0.1) is 0 Å². The summed E-state index contributed by atoms with van der Waals surface area (Å²) in [6.45, 7) is 8.90. The van der Waals surface area contributed by atoms with Crippen molar-refractivity contribution in [1.82, 2.24) is 5.32 Å². The molecule has 0 aromatic rings. The van der Waals surface area contributed by atoms with Gasteiger partial charge in [0.1, 0.15) is 0 Å². The highest BCUT2D eigenvalue weighted by molar-refractivity contribution is 8.14. The molecule has 3 heteroatoms. The Balaban J connectivity index is 2.42. The maximum Gasteiger partial charge on any atom is 0.157 e. The topological polar surface area (TPSA) is 24.4 Å². The summed E-state index contributed by atoms with van der Waals surface area (Å²) in [6.07, 6.45) is 1.17. The van der Waals surface area contributed by atoms with Crippen molar-refractivity contribution in [2.24, 2.45) is 10.9 Å². The second kappa shape index (κ2) is 4.89. The first-order valence-electron chi connectivity index (χ1n) is 5.10. The average Bonchev–Trinajstić information content (AvgIpc) is 2.46. The molecule has 0 fully saturated rings. The van der Waals surface area contributed by atoms with Crippen LogP contribution in [-0.2, 0) is 0 Å². The van der Waals surface area contributed by atoms with Gasteiger partial charge in [-0.3, -0.25) is 4.99 Å². The Morgan fingerprint density at radius 1 is 1.62 bits per heavy atom. The lowest BCUT2D eigenvalue weighted by Crippen LogP contribution is -2.35. The van der Waals surface area contributed by atoms with E-state index in [4.69, 9.17) is 0 Å². The summed E-state index contributed by atoms with van der Waals surface area (Å²) in [7, 11) is 0. The van der Waals surface area contributed by atoms with Crippen LogP contribution in [0.15, 0.2) is 4.99 Å². The van der Waals surface area contributed by atoms with E-state index in [0.29, 0.717) is 18.0 Å². The molecular formula is C10H20N2S. The lowest BCUT2D eigenvalue weighted by molar-refractivity contribution is 0.443. The van der Waals surface area contributed by atoms with Gasteiger partial charge in [0, 0.05) is 11.8 Å². The van der Waals surface area contributed by atoms with E-state index in [-0.39, 0.29) is 0 Å². The Morgan fingerprint density at radius 2 is 2.31 bits per heavy atom. The molecule has 1 rings (SSSR count). The molecule has 2 nitrogen and oxygen atoms in total. The van der Waals surface area contributed by atoms with Gasteiger partial charge in [0.15, 0.2) is 5.17 Å². The second-order valence-corrected chi connectivity index (χ2v) is 5.01. The van der Waals surface area contributed by atoms with Crippen LogP contribution in [0.3, 0.4) is 0 Å². The number of nitrogens with one attached hydrogen (secondary N) is 1. The summed E-state index contributed by atoms with van der Waals surface area (Å²) in [6, 6.07) is 1.08. The van der Waals surface area contributed by atoms with Crippen molar-refractivity contribution in [3.05, 3.63) is 0 Å². The zero-order valence-corrected chi connectivity index (χ0v) is 9.82. The highest BCUT2D eigenvalue weighted by atomic mass is 32.2. The molecule has 0 saturated heterocycles. The van der Waals surface area contributed by atoms with Crippen molar-refractivity contribution in [2.75, 3.05) is 5.75 Å². The smallest absolute Gasteiger partial charge is 0.157 e. The molecule has 1 N–H and O–H groups in total. The number of nitrogens with zero attached hydrogens (tertiary/aromatic N) is 1. The first-order chi connectivity index (χ1) is 6.13. The lowest BCUT2D eigenvalue weighted by Gasteiger charge is -2.21. The van der Waals surface area contributed by atoms with E-state index < -0.39 is 0 Å². The van der Waals surface area contributed by atoms with E-state index in [9.17, 15) is 0 Å². The Bertz CT molecular complexity index is 189. The number of hydrogen-bond acceptors (Lipinski definition) is 3. The summed E-state index contributed by atoms with van der Waals surface area (Å²) in [4.78, 5) is 4.53. The fourth-order valence-corrected chi connectivity index (χ4v) is 2.41. The molecule has 1 aliphatic heterocycles. The molecule has 76 valence electrons. The molecule has 0 amide bonds. The predicted octanol–water partition coefficient (Wildman–Crippen LogP) is 2.50. The molecule has 2 unspecified atom stereocenters. The fourth-order valence-electron chi connectivity index (χ4n) is 1.45. The summed E-state index contributed by atoms with van der Waals surface area (Å²) in [5.74, 6) is 1.82. The largest absolute Gasteiger partial charge is 0.362 e. The average molecular weight is 200 g/mol. The summed E-state index contributed by atoms with van der Waals surface area (Å²) < 4.78 is 0. The van der Waals surface area contributed by atoms with Crippen molar-refractivity contribution in [1.29, 1.82) is 0 Å². The van der Waals surface area contributed by atoms with Gasteiger partial charge in [-0.1, -0.05) is 32.5 Å². The van der Waals surface area contributed by atoms with Gasteiger partial charge in [0.25, 0.3) is 0 Å². The Labute approximate surface area is 85.6 Å². The van der Waals surface area contributed by atoms with Crippen molar-refractivity contribution < 1.29 is 0 Å². The van der Waals surface area contributed by atoms with Crippen molar-refractivity contribution in [3.8, 4) is 0 Å². The molecule has 0 radical (unpaired) electrons. The fraction of sp³-hybridized carbons (Fsp3) is 0.900. The first-order valence-corrected chi connectivity index (χ1v) is 6.09. The van der Waals surface area contributed by atoms with E-state index in [1.165, 1.54) is 6.42 Å². The Kier molecular flexibility index (Phi) is 4.10. The molecule has 0 bridgehead atoms. The van der Waals surface area contributed by atoms with Gasteiger partial charge in [-0.25, -0.2) is 0 Å². The van der Waals surface area contributed by atoms with Crippen LogP contribution in [-0.4, -0.2) is 23.0 Å². The van der Waals surface area contributed by atoms with Gasteiger partial charge >= 0.3 is 0 Å². The number of amidine groups is 1. The van der Waals surface area contributed by atoms with Gasteiger partial charge in [0.2, 0.25) is 0 Å². The van der Waals surface area contributed by atoms with Crippen molar-refractivity contribution in [2.45, 2.75) is 46.2 Å². The van der Waals surface area contributed by atoms with Gasteiger partial charge in [0.05, 0.1) is 6.04 Å². The third-order valence-corrected chi connectivity index (χ3v) is 3.50. The summed E-state index contributed by atoms with van der Waals surface area (Å²) in [5.41, 5.74) is 0. The number of rotatable bonds is 3. The molecule has 0 spiro atoms. The van der Waals surface area contributed by atoms with Crippen LogP contribution in [0.1, 0.15) is 34.1 Å². The molecular weight excluding hydrogens is 180 g/mol. The predicted molar refractivity (Wildman–Crippen MR) is 61.4 cm³/mol. The van der Waals surface area contributed by atoms with E-state index in [1.807, 2.05) is 11.8 Å². The van der Waals surface area contributed by atoms with Crippen molar-refractivity contribution in [3.63, 3.8) is 0 Å². The SMILES string of the molecule is CCC(NC1=NC(C)CS1)C(C)C. The van der Waals surface area contributed by atoms with Crippen LogP contribution >= 0.6 is 11.8 Å².